The van der Waals surface area contributed by atoms with Crippen LogP contribution in [-0.2, 0) is 6.54 Å². The molecule has 2 N–H and O–H groups in total. The molecule has 2 aromatic heterocycles. The molecule has 0 aliphatic carbocycles. The van der Waals surface area contributed by atoms with Gasteiger partial charge in [-0.3, -0.25) is 14.6 Å². The molecule has 0 fully saturated rings. The lowest BCUT2D eigenvalue weighted by molar-refractivity contribution is 0.102. The minimum absolute atomic E-state index is 0.182. The fourth-order valence-electron chi connectivity index (χ4n) is 4.20. The van der Waals surface area contributed by atoms with Crippen molar-refractivity contribution >= 4 is 51.6 Å². The summed E-state index contributed by atoms with van der Waals surface area (Å²) in [6.45, 7) is 2.74. The maximum absolute atomic E-state index is 13.6. The number of halogens is 1. The summed E-state index contributed by atoms with van der Waals surface area (Å²) >= 11 is 6.04. The number of urea groups is 1. The maximum atomic E-state index is 13.6. The van der Waals surface area contributed by atoms with Crippen LogP contribution in [0.25, 0.3) is 11.0 Å². The Morgan fingerprint density at radius 1 is 1.24 bits per heavy atom. The number of hydrogen-bond donors (Lipinski definition) is 2. The summed E-state index contributed by atoms with van der Waals surface area (Å²) in [6, 6.07) is 13.7. The van der Waals surface area contributed by atoms with E-state index in [9.17, 15) is 9.59 Å². The smallest absolute Gasteiger partial charge is 0.329 e. The molecule has 0 atom stereocenters. The fourth-order valence-corrected chi connectivity index (χ4v) is 4.39. The second kappa shape index (κ2) is 8.72. The highest BCUT2D eigenvalue weighted by atomic mass is 35.5. The van der Waals surface area contributed by atoms with E-state index in [1.165, 1.54) is 7.11 Å². The van der Waals surface area contributed by atoms with Gasteiger partial charge in [0.15, 0.2) is 0 Å². The molecule has 0 bridgehead atoms. The van der Waals surface area contributed by atoms with E-state index in [4.69, 9.17) is 16.3 Å². The van der Waals surface area contributed by atoms with Gasteiger partial charge in [-0.2, -0.15) is 0 Å². The van der Waals surface area contributed by atoms with Gasteiger partial charge in [0, 0.05) is 52.2 Å². The first-order valence-corrected chi connectivity index (χ1v) is 11.2. The second-order valence-electron chi connectivity index (χ2n) is 7.87. The number of aromatic nitrogens is 2. The Bertz CT molecular complexity index is 1420. The van der Waals surface area contributed by atoms with Crippen molar-refractivity contribution < 1.29 is 14.3 Å². The third-order valence-corrected chi connectivity index (χ3v) is 6.03. The molecule has 0 spiro atoms. The number of aromatic amines is 1. The second-order valence-corrected chi connectivity index (χ2v) is 8.31. The number of rotatable bonds is 5. The number of nitrogens with zero attached hydrogens (tertiary/aromatic N) is 3. The first kappa shape index (κ1) is 21.8. The van der Waals surface area contributed by atoms with Crippen molar-refractivity contribution in [3.8, 4) is 5.75 Å². The van der Waals surface area contributed by atoms with E-state index in [0.29, 0.717) is 40.8 Å². The lowest BCUT2D eigenvalue weighted by atomic mass is 10.1. The number of amides is 3. The molecule has 9 heteroatoms. The van der Waals surface area contributed by atoms with Gasteiger partial charge < -0.3 is 15.0 Å². The number of methoxy groups -OCH3 is 1. The minimum atomic E-state index is -0.338. The number of pyridine rings is 1. The van der Waals surface area contributed by atoms with Crippen molar-refractivity contribution in [2.24, 2.45) is 0 Å². The zero-order chi connectivity index (χ0) is 23.8. The van der Waals surface area contributed by atoms with Gasteiger partial charge in [-0.05, 0) is 43.3 Å². The number of carbonyl (C=O) groups is 2. The van der Waals surface area contributed by atoms with Gasteiger partial charge in [0.1, 0.15) is 11.4 Å². The van der Waals surface area contributed by atoms with Gasteiger partial charge in [0.25, 0.3) is 5.91 Å². The van der Waals surface area contributed by atoms with Gasteiger partial charge in [-0.1, -0.05) is 17.7 Å². The maximum Gasteiger partial charge on any atom is 0.329 e. The topological polar surface area (TPSA) is 90.6 Å². The molecule has 0 radical (unpaired) electrons. The van der Waals surface area contributed by atoms with E-state index in [1.54, 1.807) is 58.5 Å². The van der Waals surface area contributed by atoms with Gasteiger partial charge in [0.2, 0.25) is 0 Å². The summed E-state index contributed by atoms with van der Waals surface area (Å²) in [5.41, 5.74) is 4.00. The average molecular weight is 476 g/mol. The van der Waals surface area contributed by atoms with Crippen LogP contribution in [-0.4, -0.2) is 35.6 Å². The molecule has 0 saturated heterocycles. The van der Waals surface area contributed by atoms with Gasteiger partial charge in [0.05, 0.1) is 25.0 Å². The number of carbonyl (C=O) groups excluding carboxylic acids is 2. The molecule has 0 saturated carbocycles. The Balaban J connectivity index is 1.53. The van der Waals surface area contributed by atoms with E-state index in [0.717, 1.165) is 22.3 Å². The summed E-state index contributed by atoms with van der Waals surface area (Å²) in [4.78, 5) is 37.5. The number of nitrogens with one attached hydrogen (secondary N) is 2. The molecule has 3 amide bonds. The number of fused-ring (bicyclic) bond motifs is 3. The Morgan fingerprint density at radius 3 is 2.85 bits per heavy atom. The normalized spacial score (nSPS) is 13.2. The lowest BCUT2D eigenvalue weighted by Gasteiger charge is -2.37. The molecule has 1 aliphatic rings. The first-order valence-electron chi connectivity index (χ1n) is 10.8. The zero-order valence-electron chi connectivity index (χ0n) is 18.6. The van der Waals surface area contributed by atoms with Crippen molar-refractivity contribution in [3.63, 3.8) is 0 Å². The van der Waals surface area contributed by atoms with E-state index < -0.39 is 0 Å². The SMILES string of the molecule is CCN1C(=O)N(c2cc(OC)cc(C(=O)Nc3cccc(Cl)c3)c2)Cc2cnc3[nH]ccc3c21. The van der Waals surface area contributed by atoms with Crippen LogP contribution in [0.15, 0.2) is 60.9 Å². The summed E-state index contributed by atoms with van der Waals surface area (Å²) < 4.78 is 5.44. The summed E-state index contributed by atoms with van der Waals surface area (Å²) in [5.74, 6) is 0.130. The Morgan fingerprint density at radius 2 is 2.09 bits per heavy atom. The molecule has 0 unspecified atom stereocenters. The van der Waals surface area contributed by atoms with Gasteiger partial charge >= 0.3 is 6.03 Å². The first-order chi connectivity index (χ1) is 16.5. The van der Waals surface area contributed by atoms with Crippen molar-refractivity contribution in [3.05, 3.63) is 77.1 Å². The standard InChI is InChI=1S/C25H22ClN5O3/c1-3-30-22-16(13-28-23-21(22)7-8-27-23)14-31(25(30)33)19-9-15(10-20(12-19)34-2)24(32)29-18-6-4-5-17(26)11-18/h4-13H,3,14H2,1-2H3,(H,27,28)(H,29,32). The summed E-state index contributed by atoms with van der Waals surface area (Å²) in [7, 11) is 1.52. The minimum Gasteiger partial charge on any atom is -0.497 e. The fraction of sp³-hybridized carbons (Fsp3) is 0.160. The van der Waals surface area contributed by atoms with Crippen LogP contribution in [0.5, 0.6) is 5.75 Å². The van der Waals surface area contributed by atoms with E-state index in [2.05, 4.69) is 15.3 Å². The molecular formula is C25H22ClN5O3. The molecule has 5 rings (SSSR count). The molecule has 2 aromatic carbocycles. The number of hydrogen-bond acceptors (Lipinski definition) is 4. The third-order valence-electron chi connectivity index (χ3n) is 5.79. The highest BCUT2D eigenvalue weighted by Crippen LogP contribution is 2.37. The van der Waals surface area contributed by atoms with E-state index in [-0.39, 0.29) is 11.9 Å². The number of anilines is 3. The lowest BCUT2D eigenvalue weighted by Crippen LogP contribution is -2.47. The van der Waals surface area contributed by atoms with Crippen LogP contribution >= 0.6 is 11.6 Å². The predicted molar refractivity (Wildman–Crippen MR) is 133 cm³/mol. The zero-order valence-corrected chi connectivity index (χ0v) is 19.4. The van der Waals surface area contributed by atoms with Crippen LogP contribution in [0.4, 0.5) is 21.9 Å². The largest absolute Gasteiger partial charge is 0.497 e. The van der Waals surface area contributed by atoms with Crippen LogP contribution in [0.2, 0.25) is 5.02 Å². The Hall–Kier alpha value is -4.04. The molecule has 8 nitrogen and oxygen atoms in total. The van der Waals surface area contributed by atoms with Crippen LogP contribution in [0.1, 0.15) is 22.8 Å². The molecule has 4 aromatic rings. The molecule has 3 heterocycles. The Labute approximate surface area is 201 Å². The average Bonchev–Trinajstić information content (AvgIpc) is 3.32. The number of benzene rings is 2. The highest BCUT2D eigenvalue weighted by molar-refractivity contribution is 6.31. The van der Waals surface area contributed by atoms with Gasteiger partial charge in [-0.15, -0.1) is 0 Å². The Kier molecular flexibility index (Phi) is 5.59. The molecular weight excluding hydrogens is 454 g/mol. The van der Waals surface area contributed by atoms with E-state index in [1.807, 2.05) is 19.2 Å². The monoisotopic (exact) mass is 475 g/mol. The summed E-state index contributed by atoms with van der Waals surface area (Å²) in [6.07, 6.45) is 3.60. The van der Waals surface area contributed by atoms with Crippen LogP contribution in [0, 0.1) is 0 Å². The van der Waals surface area contributed by atoms with E-state index >= 15 is 0 Å². The summed E-state index contributed by atoms with van der Waals surface area (Å²) in [5, 5.41) is 4.26. The number of H-pyrrole nitrogens is 1. The molecule has 172 valence electrons. The molecule has 1 aliphatic heterocycles. The van der Waals surface area contributed by atoms with Gasteiger partial charge in [-0.25, -0.2) is 9.78 Å². The van der Waals surface area contributed by atoms with Crippen LogP contribution < -0.4 is 19.9 Å². The van der Waals surface area contributed by atoms with Crippen molar-refractivity contribution in [2.45, 2.75) is 13.5 Å². The van der Waals surface area contributed by atoms with Crippen molar-refractivity contribution in [2.75, 3.05) is 28.8 Å². The highest BCUT2D eigenvalue weighted by Gasteiger charge is 2.33. The molecule has 34 heavy (non-hydrogen) atoms. The third kappa shape index (κ3) is 3.82. The predicted octanol–water partition coefficient (Wildman–Crippen LogP) is 5.44. The van der Waals surface area contributed by atoms with Crippen LogP contribution in [0.3, 0.4) is 0 Å². The number of ether oxygens (including phenoxy) is 1. The quantitative estimate of drug-likeness (QED) is 0.402. The van der Waals surface area contributed by atoms with Crippen molar-refractivity contribution in [1.82, 2.24) is 9.97 Å². The van der Waals surface area contributed by atoms with Crippen molar-refractivity contribution in [1.29, 1.82) is 0 Å².